The predicted octanol–water partition coefficient (Wildman–Crippen LogP) is 4.85. The van der Waals surface area contributed by atoms with E-state index in [1.165, 1.54) is 6.07 Å². The zero-order valence-electron chi connectivity index (χ0n) is 15.3. The Bertz CT molecular complexity index is 1140. The summed E-state index contributed by atoms with van der Waals surface area (Å²) in [6.45, 7) is 0. The van der Waals surface area contributed by atoms with Crippen molar-refractivity contribution in [3.63, 3.8) is 0 Å². The molecule has 0 bridgehead atoms. The molecule has 0 saturated heterocycles. The second kappa shape index (κ2) is 7.42. The molecule has 154 valence electrons. The van der Waals surface area contributed by atoms with Gasteiger partial charge in [0.1, 0.15) is 11.5 Å². The molecule has 1 aliphatic heterocycles. The maximum atomic E-state index is 13.7. The van der Waals surface area contributed by atoms with Gasteiger partial charge in [0.25, 0.3) is 0 Å². The molecule has 0 radical (unpaired) electrons. The van der Waals surface area contributed by atoms with Crippen LogP contribution in [-0.2, 0) is 6.42 Å². The summed E-state index contributed by atoms with van der Waals surface area (Å²) in [6.07, 6.45) is -0.0451. The number of rotatable bonds is 3. The molecule has 0 saturated carbocycles. The van der Waals surface area contributed by atoms with Crippen LogP contribution in [0.4, 0.5) is 39.0 Å². The Hall–Kier alpha value is -3.46. The molecule has 1 aliphatic rings. The summed E-state index contributed by atoms with van der Waals surface area (Å²) in [7, 11) is 0. The van der Waals surface area contributed by atoms with Crippen LogP contribution in [0.3, 0.4) is 0 Å². The van der Waals surface area contributed by atoms with E-state index in [2.05, 4.69) is 15.6 Å². The summed E-state index contributed by atoms with van der Waals surface area (Å²) in [5, 5.41) is 5.79. The molecule has 4 rings (SSSR count). The van der Waals surface area contributed by atoms with Gasteiger partial charge in [0.15, 0.2) is 29.1 Å². The first kappa shape index (κ1) is 19.8. The highest BCUT2D eigenvalue weighted by atomic mass is 19.2. The van der Waals surface area contributed by atoms with E-state index in [9.17, 15) is 22.0 Å². The van der Waals surface area contributed by atoms with Gasteiger partial charge in [0, 0.05) is 24.2 Å². The maximum absolute atomic E-state index is 13.7. The number of aliphatic imine (C=N–C) groups is 1. The lowest BCUT2D eigenvalue weighted by atomic mass is 9.96. The van der Waals surface area contributed by atoms with Gasteiger partial charge in [-0.1, -0.05) is 18.2 Å². The first-order chi connectivity index (χ1) is 14.2. The van der Waals surface area contributed by atoms with E-state index in [0.717, 1.165) is 24.3 Å². The van der Waals surface area contributed by atoms with Gasteiger partial charge in [-0.25, -0.2) is 26.9 Å². The average Bonchev–Trinajstić information content (AvgIpc) is 2.69. The highest BCUT2D eigenvalue weighted by Gasteiger charge is 2.36. The molecular weight excluding hydrogens is 403 g/mol. The number of halogens is 5. The van der Waals surface area contributed by atoms with Crippen LogP contribution < -0.4 is 16.4 Å². The van der Waals surface area contributed by atoms with Gasteiger partial charge in [0.2, 0.25) is 0 Å². The Labute approximate surface area is 168 Å². The summed E-state index contributed by atoms with van der Waals surface area (Å²) in [4.78, 5) is 4.42. The van der Waals surface area contributed by atoms with E-state index in [4.69, 9.17) is 5.73 Å². The summed E-state index contributed by atoms with van der Waals surface area (Å²) < 4.78 is 67.5. The van der Waals surface area contributed by atoms with Crippen molar-refractivity contribution in [1.29, 1.82) is 0 Å². The van der Waals surface area contributed by atoms with Crippen LogP contribution >= 0.6 is 0 Å². The minimum Gasteiger partial charge on any atom is -0.359 e. The lowest BCUT2D eigenvalue weighted by molar-refractivity contribution is 0.448. The molecule has 3 aromatic carbocycles. The number of benzene rings is 3. The lowest BCUT2D eigenvalue weighted by Crippen LogP contribution is -2.60. The highest BCUT2D eigenvalue weighted by Crippen LogP contribution is 2.34. The summed E-state index contributed by atoms with van der Waals surface area (Å²) >= 11 is 0. The molecule has 4 N–H and O–H groups in total. The Morgan fingerprint density at radius 3 is 2.27 bits per heavy atom. The summed E-state index contributed by atoms with van der Waals surface area (Å²) in [5.41, 5.74) is 6.34. The molecule has 4 nitrogen and oxygen atoms in total. The summed E-state index contributed by atoms with van der Waals surface area (Å²) in [6, 6.07) is 11.8. The van der Waals surface area contributed by atoms with Gasteiger partial charge in [-0.05, 0) is 29.8 Å². The monoisotopic (exact) mass is 418 g/mol. The number of nitrogens with zero attached hydrogens (tertiary/aromatic N) is 1. The Morgan fingerprint density at radius 1 is 0.867 bits per heavy atom. The van der Waals surface area contributed by atoms with Gasteiger partial charge in [-0.15, -0.1) is 0 Å². The second-order valence-corrected chi connectivity index (χ2v) is 6.88. The van der Waals surface area contributed by atoms with Crippen molar-refractivity contribution in [3.05, 3.63) is 89.2 Å². The van der Waals surface area contributed by atoms with Gasteiger partial charge < -0.3 is 16.4 Å². The average molecular weight is 418 g/mol. The molecule has 3 aromatic rings. The Kier molecular flexibility index (Phi) is 4.90. The number of fused-ring (bicyclic) bond motifs is 1. The van der Waals surface area contributed by atoms with Crippen LogP contribution in [0.15, 0.2) is 59.6 Å². The number of anilines is 2. The normalized spacial score (nSPS) is 17.7. The number of hydrogen-bond acceptors (Lipinski definition) is 4. The minimum absolute atomic E-state index is 0.0451. The number of hydrogen-bond donors (Lipinski definition) is 3. The van der Waals surface area contributed by atoms with Crippen LogP contribution in [0.5, 0.6) is 0 Å². The molecule has 30 heavy (non-hydrogen) atoms. The number of nitrogens with two attached hydrogens (primary N) is 1. The van der Waals surface area contributed by atoms with E-state index >= 15 is 0 Å². The number of nitrogens with one attached hydrogen (secondary N) is 2. The van der Waals surface area contributed by atoms with Gasteiger partial charge in [-0.3, -0.25) is 0 Å². The van der Waals surface area contributed by atoms with Crippen LogP contribution in [0.25, 0.3) is 0 Å². The van der Waals surface area contributed by atoms with Crippen LogP contribution in [0, 0.1) is 29.1 Å². The number of para-hydroxylation sites is 2. The third kappa shape index (κ3) is 3.71. The first-order valence-electron chi connectivity index (χ1n) is 8.86. The van der Waals surface area contributed by atoms with Gasteiger partial charge in [0.05, 0.1) is 11.4 Å². The smallest absolute Gasteiger partial charge is 0.194 e. The van der Waals surface area contributed by atoms with Crippen molar-refractivity contribution in [3.8, 4) is 0 Å². The molecule has 0 spiro atoms. The first-order valence-corrected chi connectivity index (χ1v) is 8.86. The second-order valence-electron chi connectivity index (χ2n) is 6.88. The van der Waals surface area contributed by atoms with E-state index in [1.54, 1.807) is 24.3 Å². The van der Waals surface area contributed by atoms with Crippen molar-refractivity contribution in [2.24, 2.45) is 10.7 Å². The minimum atomic E-state index is -1.60. The fourth-order valence-electron chi connectivity index (χ4n) is 3.20. The third-order valence-electron chi connectivity index (χ3n) is 4.63. The molecule has 0 aromatic heterocycles. The molecule has 0 aliphatic carbocycles. The molecule has 0 amide bonds. The van der Waals surface area contributed by atoms with Crippen molar-refractivity contribution in [2.75, 3.05) is 10.6 Å². The highest BCUT2D eigenvalue weighted by molar-refractivity contribution is 6.08. The van der Waals surface area contributed by atoms with E-state index < -0.39 is 34.7 Å². The molecule has 1 atom stereocenters. The summed E-state index contributed by atoms with van der Waals surface area (Å²) in [5.74, 6) is -6.36. The Balaban J connectivity index is 1.75. The fourth-order valence-corrected chi connectivity index (χ4v) is 3.20. The van der Waals surface area contributed by atoms with E-state index in [1.807, 2.05) is 0 Å². The molecule has 9 heteroatoms. The zero-order chi connectivity index (χ0) is 21.5. The van der Waals surface area contributed by atoms with Gasteiger partial charge in [-0.2, -0.15) is 0 Å². The van der Waals surface area contributed by atoms with Gasteiger partial charge >= 0.3 is 0 Å². The Morgan fingerprint density at radius 2 is 1.57 bits per heavy atom. The SMILES string of the molecule is NC1(Cc2ccc(F)c(F)c2)Nc2ccccc2N=C1Nc1cc(F)c(F)c(F)c1. The standard InChI is InChI=1S/C21H15F5N4/c22-13-6-5-11(7-14(13)23)10-21(27)20(29-17-3-1-2-4-18(17)30-21)28-12-8-15(24)19(26)16(25)9-12/h1-9,30H,10,27H2,(H,28,29). The number of amidine groups is 1. The van der Waals surface area contributed by atoms with Crippen molar-refractivity contribution in [1.82, 2.24) is 0 Å². The lowest BCUT2D eigenvalue weighted by Gasteiger charge is -2.37. The van der Waals surface area contributed by atoms with Crippen molar-refractivity contribution in [2.45, 2.75) is 12.1 Å². The van der Waals surface area contributed by atoms with E-state index in [-0.39, 0.29) is 17.9 Å². The largest absolute Gasteiger partial charge is 0.359 e. The maximum Gasteiger partial charge on any atom is 0.194 e. The molecule has 1 unspecified atom stereocenters. The molecule has 1 heterocycles. The van der Waals surface area contributed by atoms with Crippen LogP contribution in [0.2, 0.25) is 0 Å². The van der Waals surface area contributed by atoms with Crippen LogP contribution in [0.1, 0.15) is 5.56 Å². The van der Waals surface area contributed by atoms with E-state index in [0.29, 0.717) is 16.9 Å². The topological polar surface area (TPSA) is 62.4 Å². The molecular formula is C21H15F5N4. The third-order valence-corrected chi connectivity index (χ3v) is 4.63. The fraction of sp³-hybridized carbons (Fsp3) is 0.0952. The molecule has 0 fully saturated rings. The van der Waals surface area contributed by atoms with Crippen LogP contribution in [-0.4, -0.2) is 11.5 Å². The predicted molar refractivity (Wildman–Crippen MR) is 104 cm³/mol. The quantitative estimate of drug-likeness (QED) is 0.421. The zero-order valence-corrected chi connectivity index (χ0v) is 15.3. The van der Waals surface area contributed by atoms with Crippen molar-refractivity contribution >= 4 is 22.9 Å². The van der Waals surface area contributed by atoms with Crippen molar-refractivity contribution < 1.29 is 22.0 Å².